The number of hydrogen-bond acceptors (Lipinski definition) is 2. The van der Waals surface area contributed by atoms with Gasteiger partial charge in [0.25, 0.3) is 0 Å². The predicted molar refractivity (Wildman–Crippen MR) is 60.0 cm³/mol. The average Bonchev–Trinajstić information content (AvgIpc) is 2.16. The number of halogens is 2. The fraction of sp³-hybridized carbons (Fsp3) is 0.333. The Labute approximate surface area is 95.5 Å². The Hall–Kier alpha value is -0.0900. The molecule has 1 aromatic rings. The number of nitrogens with two attached hydrogens (primary N) is 1. The smallest absolute Gasteiger partial charge is 0.0802 e. The molecule has 0 aliphatic carbocycles. The van der Waals surface area contributed by atoms with Gasteiger partial charge in [-0.3, -0.25) is 0 Å². The lowest BCUT2D eigenvalue weighted by molar-refractivity contribution is 0.170. The van der Waals surface area contributed by atoms with Gasteiger partial charge in [0, 0.05) is 7.21 Å². The fourth-order valence-electron chi connectivity index (χ4n) is 0.906. The van der Waals surface area contributed by atoms with Crippen LogP contribution in [0.5, 0.6) is 0 Å². The van der Waals surface area contributed by atoms with Crippen molar-refractivity contribution in [1.29, 1.82) is 0 Å². The largest absolute Gasteiger partial charge is 0.388 e. The summed E-state index contributed by atoms with van der Waals surface area (Å²) in [5, 5.41) is 9.70. The molecule has 1 unspecified atom stereocenters. The van der Waals surface area contributed by atoms with Gasteiger partial charge < -0.3 is 10.8 Å². The SMILES string of the molecule is Cl.[2H]C([2H])(CN)C(O)c1cccc(Br)c1. The Morgan fingerprint density at radius 3 is 2.85 bits per heavy atom. The van der Waals surface area contributed by atoms with E-state index in [0.717, 1.165) is 4.47 Å². The zero-order valence-corrected chi connectivity index (χ0v) is 9.31. The van der Waals surface area contributed by atoms with E-state index in [1.165, 1.54) is 0 Å². The molecule has 1 aromatic carbocycles. The van der Waals surface area contributed by atoms with Crippen molar-refractivity contribution < 1.29 is 7.85 Å². The van der Waals surface area contributed by atoms with E-state index in [9.17, 15) is 5.11 Å². The normalized spacial score (nSPS) is 15.3. The molecule has 0 heterocycles. The second kappa shape index (κ2) is 6.38. The van der Waals surface area contributed by atoms with E-state index >= 15 is 0 Å². The van der Waals surface area contributed by atoms with Crippen molar-refractivity contribution in [3.63, 3.8) is 0 Å². The van der Waals surface area contributed by atoms with E-state index in [1.54, 1.807) is 18.2 Å². The van der Waals surface area contributed by atoms with E-state index in [0.29, 0.717) is 5.56 Å². The average molecular weight is 269 g/mol. The molecule has 0 saturated heterocycles. The van der Waals surface area contributed by atoms with E-state index in [-0.39, 0.29) is 19.0 Å². The molecule has 0 bridgehead atoms. The molecule has 0 aliphatic heterocycles. The summed E-state index contributed by atoms with van der Waals surface area (Å²) in [6.07, 6.45) is -2.98. The molecule has 13 heavy (non-hydrogen) atoms. The Bertz CT molecular complexity index is 325. The molecule has 0 amide bonds. The van der Waals surface area contributed by atoms with Gasteiger partial charge in [0.15, 0.2) is 0 Å². The van der Waals surface area contributed by atoms with Crippen LogP contribution in [0.2, 0.25) is 0 Å². The van der Waals surface area contributed by atoms with Crippen molar-refractivity contribution in [2.24, 2.45) is 5.73 Å². The highest BCUT2D eigenvalue weighted by Gasteiger charge is 2.05. The first kappa shape index (κ1) is 9.46. The maximum Gasteiger partial charge on any atom is 0.0802 e. The molecule has 4 heteroatoms. The van der Waals surface area contributed by atoms with Crippen LogP contribution >= 0.6 is 28.3 Å². The fourth-order valence-corrected chi connectivity index (χ4v) is 1.32. The summed E-state index contributed by atoms with van der Waals surface area (Å²) in [5.41, 5.74) is 5.76. The van der Waals surface area contributed by atoms with Crippen molar-refractivity contribution in [1.82, 2.24) is 0 Å². The van der Waals surface area contributed by atoms with Crippen molar-refractivity contribution in [2.45, 2.75) is 12.5 Å². The Kier molecular flexibility index (Phi) is 4.64. The van der Waals surface area contributed by atoms with Crippen LogP contribution < -0.4 is 5.73 Å². The summed E-state index contributed by atoms with van der Waals surface area (Å²) < 4.78 is 15.7. The highest BCUT2D eigenvalue weighted by molar-refractivity contribution is 9.10. The maximum absolute atomic E-state index is 9.70. The quantitative estimate of drug-likeness (QED) is 0.883. The lowest BCUT2D eigenvalue weighted by Crippen LogP contribution is -2.06. The first-order chi connectivity index (χ1) is 6.47. The van der Waals surface area contributed by atoms with E-state index < -0.39 is 12.5 Å². The van der Waals surface area contributed by atoms with Gasteiger partial charge in [-0.1, -0.05) is 28.1 Å². The second-order valence-electron chi connectivity index (χ2n) is 2.37. The third kappa shape index (κ3) is 4.09. The molecular formula is C9H13BrClNO. The van der Waals surface area contributed by atoms with Crippen LogP contribution in [0.25, 0.3) is 0 Å². The molecule has 1 atom stereocenters. The molecule has 3 N–H and O–H groups in total. The molecule has 0 fully saturated rings. The van der Waals surface area contributed by atoms with Crippen molar-refractivity contribution >= 4 is 28.3 Å². The molecule has 0 radical (unpaired) electrons. The lowest BCUT2D eigenvalue weighted by Gasteiger charge is -2.09. The third-order valence-corrected chi connectivity index (χ3v) is 1.97. The van der Waals surface area contributed by atoms with Crippen LogP contribution in [0.4, 0.5) is 0 Å². The van der Waals surface area contributed by atoms with Crippen LogP contribution in [-0.4, -0.2) is 11.7 Å². The van der Waals surface area contributed by atoms with Crippen LogP contribution in [0, 0.1) is 0 Å². The summed E-state index contributed by atoms with van der Waals surface area (Å²) in [4.78, 5) is 0. The van der Waals surface area contributed by atoms with Gasteiger partial charge >= 0.3 is 0 Å². The zero-order valence-electron chi connectivity index (χ0n) is 8.90. The van der Waals surface area contributed by atoms with Gasteiger partial charge in [0.05, 0.1) is 6.10 Å². The highest BCUT2D eigenvalue weighted by Crippen LogP contribution is 2.19. The van der Waals surface area contributed by atoms with Crippen LogP contribution in [0.3, 0.4) is 0 Å². The lowest BCUT2D eigenvalue weighted by atomic mass is 10.1. The summed E-state index contributed by atoms with van der Waals surface area (Å²) in [5.74, 6) is 0. The highest BCUT2D eigenvalue weighted by atomic mass is 79.9. The molecule has 0 aromatic heterocycles. The monoisotopic (exact) mass is 267 g/mol. The van der Waals surface area contributed by atoms with Crippen LogP contribution in [0.15, 0.2) is 28.7 Å². The van der Waals surface area contributed by atoms with Gasteiger partial charge in [-0.25, -0.2) is 0 Å². The standard InChI is InChI=1S/C9H12BrNO.ClH/c10-8-3-1-2-7(6-8)9(12)4-5-11;/h1-3,6,9,12H,4-5,11H2;1H/i4D2;. The van der Waals surface area contributed by atoms with Crippen LogP contribution in [-0.2, 0) is 0 Å². The minimum absolute atomic E-state index is 0. The van der Waals surface area contributed by atoms with Crippen molar-refractivity contribution in [2.75, 3.05) is 6.54 Å². The molecule has 0 saturated carbocycles. The number of rotatable bonds is 3. The van der Waals surface area contributed by atoms with E-state index in [2.05, 4.69) is 15.9 Å². The number of aliphatic hydroxyl groups excluding tert-OH is 1. The summed E-state index contributed by atoms with van der Waals surface area (Å²) >= 11 is 3.25. The maximum atomic E-state index is 9.70. The minimum Gasteiger partial charge on any atom is -0.388 e. The molecular weight excluding hydrogens is 253 g/mol. The summed E-state index contributed by atoms with van der Waals surface area (Å²) in [7, 11) is 0. The second-order valence-corrected chi connectivity index (χ2v) is 3.28. The van der Waals surface area contributed by atoms with Gasteiger partial charge in [-0.2, -0.15) is 0 Å². The van der Waals surface area contributed by atoms with Gasteiger partial charge in [-0.05, 0) is 30.6 Å². The number of benzene rings is 1. The first-order valence-electron chi connectivity index (χ1n) is 4.61. The van der Waals surface area contributed by atoms with Gasteiger partial charge in [-0.15, -0.1) is 12.4 Å². The van der Waals surface area contributed by atoms with E-state index in [4.69, 9.17) is 8.48 Å². The number of aliphatic hydroxyl groups is 1. The van der Waals surface area contributed by atoms with Gasteiger partial charge in [0.2, 0.25) is 0 Å². The van der Waals surface area contributed by atoms with E-state index in [1.807, 2.05) is 6.07 Å². The topological polar surface area (TPSA) is 46.2 Å². The molecule has 1 rings (SSSR count). The minimum atomic E-state index is -1.79. The number of hydrogen-bond donors (Lipinski definition) is 2. The third-order valence-electron chi connectivity index (χ3n) is 1.48. The summed E-state index contributed by atoms with van der Waals surface area (Å²) in [6, 6.07) is 6.91. The Balaban J connectivity index is 0.00000196. The van der Waals surface area contributed by atoms with Crippen LogP contribution in [0.1, 0.15) is 20.8 Å². The Morgan fingerprint density at radius 2 is 2.31 bits per heavy atom. The van der Waals surface area contributed by atoms with Gasteiger partial charge in [0.1, 0.15) is 0 Å². The molecule has 74 valence electrons. The first-order valence-corrected chi connectivity index (χ1v) is 4.40. The zero-order chi connectivity index (χ0) is 10.8. The van der Waals surface area contributed by atoms with Crippen molar-refractivity contribution in [3.05, 3.63) is 34.3 Å². The summed E-state index contributed by atoms with van der Waals surface area (Å²) in [6.45, 7) is -0.208. The Morgan fingerprint density at radius 1 is 1.62 bits per heavy atom. The predicted octanol–water partition coefficient (Wildman–Crippen LogP) is 2.25. The molecule has 0 aliphatic rings. The van der Waals surface area contributed by atoms with Crippen molar-refractivity contribution in [3.8, 4) is 0 Å². The molecule has 0 spiro atoms. The molecule has 2 nitrogen and oxygen atoms in total.